The second-order valence-corrected chi connectivity index (χ2v) is 7.72. The normalized spacial score (nSPS) is 25.5. The van der Waals surface area contributed by atoms with Crippen molar-refractivity contribution in [2.45, 2.75) is 19.8 Å². The third kappa shape index (κ3) is 6.02. The van der Waals surface area contributed by atoms with Gasteiger partial charge in [-0.3, -0.25) is 9.69 Å². The first-order valence-corrected chi connectivity index (χ1v) is 9.07. The summed E-state index contributed by atoms with van der Waals surface area (Å²) in [6.45, 7) is 8.21. The highest BCUT2D eigenvalue weighted by atomic mass is 35.5. The van der Waals surface area contributed by atoms with Gasteiger partial charge in [-0.15, -0.1) is 24.8 Å². The van der Waals surface area contributed by atoms with E-state index in [0.717, 1.165) is 45.6 Å². The van der Waals surface area contributed by atoms with Crippen molar-refractivity contribution >= 4 is 36.4 Å². The highest BCUT2D eigenvalue weighted by Gasteiger charge is 2.33. The zero-order valence-electron chi connectivity index (χ0n) is 15.5. The van der Waals surface area contributed by atoms with Crippen molar-refractivity contribution in [2.24, 2.45) is 17.1 Å². The molecule has 0 spiro atoms. The maximum Gasteiger partial charge on any atom is 0.234 e. The van der Waals surface area contributed by atoms with Gasteiger partial charge in [0.1, 0.15) is 0 Å². The van der Waals surface area contributed by atoms with Gasteiger partial charge < -0.3 is 16.0 Å². The zero-order chi connectivity index (χ0) is 17.0. The van der Waals surface area contributed by atoms with Crippen molar-refractivity contribution < 1.29 is 4.79 Å². The number of nitrogens with one attached hydrogen (secondary N) is 1. The molecule has 148 valence electrons. The minimum atomic E-state index is 0. The van der Waals surface area contributed by atoms with Crippen molar-refractivity contribution in [2.75, 3.05) is 50.7 Å². The number of nitrogens with zero attached hydrogens (tertiary/aromatic N) is 2. The summed E-state index contributed by atoms with van der Waals surface area (Å²) >= 11 is 0. The van der Waals surface area contributed by atoms with Gasteiger partial charge in [0.05, 0.1) is 6.54 Å². The fourth-order valence-corrected chi connectivity index (χ4v) is 3.82. The maximum atomic E-state index is 12.2. The summed E-state index contributed by atoms with van der Waals surface area (Å²) in [6.07, 6.45) is 2.23. The second-order valence-electron chi connectivity index (χ2n) is 7.72. The lowest BCUT2D eigenvalue weighted by atomic mass is 9.90. The first-order chi connectivity index (χ1) is 11.6. The Bertz CT molecular complexity index is 560. The summed E-state index contributed by atoms with van der Waals surface area (Å²) in [5.74, 6) is 0.691. The van der Waals surface area contributed by atoms with Crippen LogP contribution in [0.15, 0.2) is 30.3 Å². The largest absolute Gasteiger partial charge is 0.371 e. The number of benzene rings is 1. The quantitative estimate of drug-likeness (QED) is 0.764. The Balaban J connectivity index is 0.00000169. The number of carbonyl (C=O) groups is 1. The molecule has 2 aliphatic heterocycles. The predicted octanol–water partition coefficient (Wildman–Crippen LogP) is 2.14. The summed E-state index contributed by atoms with van der Waals surface area (Å²) in [6, 6.07) is 10.5. The molecule has 0 saturated carbocycles. The van der Waals surface area contributed by atoms with E-state index < -0.39 is 0 Å². The molecule has 5 nitrogen and oxygen atoms in total. The summed E-state index contributed by atoms with van der Waals surface area (Å²) in [5, 5.41) is 3.13. The molecule has 1 amide bonds. The fraction of sp³-hybridized carbons (Fsp3) is 0.632. The van der Waals surface area contributed by atoms with Gasteiger partial charge >= 0.3 is 0 Å². The van der Waals surface area contributed by atoms with E-state index in [1.54, 1.807) is 0 Å². The van der Waals surface area contributed by atoms with Crippen LogP contribution in [-0.4, -0.2) is 56.6 Å². The van der Waals surface area contributed by atoms with E-state index in [9.17, 15) is 4.79 Å². The average Bonchev–Trinajstić information content (AvgIpc) is 3.21. The molecule has 2 saturated heterocycles. The number of halogens is 2. The van der Waals surface area contributed by atoms with Gasteiger partial charge in [-0.1, -0.05) is 25.1 Å². The smallest absolute Gasteiger partial charge is 0.234 e. The van der Waals surface area contributed by atoms with Crippen LogP contribution < -0.4 is 16.0 Å². The van der Waals surface area contributed by atoms with E-state index in [0.29, 0.717) is 19.0 Å². The molecule has 26 heavy (non-hydrogen) atoms. The van der Waals surface area contributed by atoms with E-state index in [-0.39, 0.29) is 36.1 Å². The molecule has 7 heteroatoms. The number of rotatable bonds is 6. The predicted molar refractivity (Wildman–Crippen MR) is 112 cm³/mol. The van der Waals surface area contributed by atoms with E-state index >= 15 is 0 Å². The van der Waals surface area contributed by atoms with Gasteiger partial charge in [0.25, 0.3) is 0 Å². The third-order valence-electron chi connectivity index (χ3n) is 5.49. The van der Waals surface area contributed by atoms with Crippen LogP contribution in [0.2, 0.25) is 0 Å². The van der Waals surface area contributed by atoms with Crippen LogP contribution in [0.3, 0.4) is 0 Å². The number of hydrogen-bond donors (Lipinski definition) is 2. The highest BCUT2D eigenvalue weighted by Crippen LogP contribution is 2.28. The van der Waals surface area contributed by atoms with Gasteiger partial charge in [-0.05, 0) is 49.4 Å². The molecule has 0 aliphatic carbocycles. The van der Waals surface area contributed by atoms with Crippen molar-refractivity contribution in [3.63, 3.8) is 0 Å². The summed E-state index contributed by atoms with van der Waals surface area (Å²) in [5.41, 5.74) is 7.30. The first-order valence-electron chi connectivity index (χ1n) is 9.07. The Morgan fingerprint density at radius 3 is 2.65 bits per heavy atom. The SMILES string of the molecule is CC1(CN)CCN(CC(=O)NCC2CCN(c3ccccc3)C2)C1.Cl.Cl. The van der Waals surface area contributed by atoms with Gasteiger partial charge in [0.15, 0.2) is 0 Å². The molecule has 0 radical (unpaired) electrons. The van der Waals surface area contributed by atoms with Crippen molar-refractivity contribution in [1.82, 2.24) is 10.2 Å². The topological polar surface area (TPSA) is 61.6 Å². The van der Waals surface area contributed by atoms with Crippen LogP contribution in [0.4, 0.5) is 5.69 Å². The molecule has 0 bridgehead atoms. The summed E-state index contributed by atoms with van der Waals surface area (Å²) < 4.78 is 0. The van der Waals surface area contributed by atoms with Crippen molar-refractivity contribution in [3.05, 3.63) is 30.3 Å². The first kappa shape index (κ1) is 23.0. The Labute approximate surface area is 169 Å². The van der Waals surface area contributed by atoms with E-state index in [2.05, 4.69) is 46.3 Å². The fourth-order valence-electron chi connectivity index (χ4n) is 3.82. The molecule has 2 unspecified atom stereocenters. The molecule has 1 aromatic carbocycles. The lowest BCUT2D eigenvalue weighted by Crippen LogP contribution is -2.40. The molecular weight excluding hydrogens is 371 g/mol. The number of hydrogen-bond acceptors (Lipinski definition) is 4. The summed E-state index contributed by atoms with van der Waals surface area (Å²) in [7, 11) is 0. The number of nitrogens with two attached hydrogens (primary N) is 1. The van der Waals surface area contributed by atoms with Gasteiger partial charge in [0, 0.05) is 31.9 Å². The summed E-state index contributed by atoms with van der Waals surface area (Å²) in [4.78, 5) is 16.8. The van der Waals surface area contributed by atoms with Gasteiger partial charge in [-0.2, -0.15) is 0 Å². The lowest BCUT2D eigenvalue weighted by Gasteiger charge is -2.22. The Kier molecular flexibility index (Phi) is 9.17. The van der Waals surface area contributed by atoms with Crippen LogP contribution in [0.25, 0.3) is 0 Å². The molecule has 1 aromatic rings. The van der Waals surface area contributed by atoms with Crippen molar-refractivity contribution in [3.8, 4) is 0 Å². The number of amides is 1. The Morgan fingerprint density at radius 1 is 1.27 bits per heavy atom. The second kappa shape index (κ2) is 10.4. The Hall–Kier alpha value is -1.01. The van der Waals surface area contributed by atoms with Crippen LogP contribution in [0.1, 0.15) is 19.8 Å². The molecule has 3 N–H and O–H groups in total. The lowest BCUT2D eigenvalue weighted by molar-refractivity contribution is -0.122. The standard InChI is InChI=1S/C19H30N4O.2ClH/c1-19(14-20)8-10-22(15-19)13-18(24)21-11-16-7-9-23(12-16)17-5-3-2-4-6-17;;/h2-6,16H,7-15,20H2,1H3,(H,21,24);2*1H. The van der Waals surface area contributed by atoms with E-state index in [1.807, 2.05) is 6.07 Å². The number of para-hydroxylation sites is 1. The molecule has 2 fully saturated rings. The monoisotopic (exact) mass is 402 g/mol. The maximum absolute atomic E-state index is 12.2. The third-order valence-corrected chi connectivity index (χ3v) is 5.49. The molecule has 0 aromatic heterocycles. The highest BCUT2D eigenvalue weighted by molar-refractivity contribution is 5.85. The molecule has 2 heterocycles. The van der Waals surface area contributed by atoms with E-state index in [1.165, 1.54) is 5.69 Å². The molecular formula is C19H32Cl2N4O. The Morgan fingerprint density at radius 2 is 2.00 bits per heavy atom. The molecule has 2 atom stereocenters. The number of likely N-dealkylation sites (tertiary alicyclic amines) is 1. The zero-order valence-corrected chi connectivity index (χ0v) is 17.2. The number of anilines is 1. The van der Waals surface area contributed by atoms with Crippen LogP contribution in [-0.2, 0) is 4.79 Å². The van der Waals surface area contributed by atoms with Crippen LogP contribution >= 0.6 is 24.8 Å². The average molecular weight is 403 g/mol. The molecule has 3 rings (SSSR count). The van der Waals surface area contributed by atoms with Crippen LogP contribution in [0.5, 0.6) is 0 Å². The molecule has 2 aliphatic rings. The minimum Gasteiger partial charge on any atom is -0.371 e. The van der Waals surface area contributed by atoms with Crippen molar-refractivity contribution in [1.29, 1.82) is 0 Å². The van der Waals surface area contributed by atoms with E-state index in [4.69, 9.17) is 5.73 Å². The van der Waals surface area contributed by atoms with Gasteiger partial charge in [0.2, 0.25) is 5.91 Å². The minimum absolute atomic E-state index is 0. The van der Waals surface area contributed by atoms with Gasteiger partial charge in [-0.25, -0.2) is 0 Å². The van der Waals surface area contributed by atoms with Crippen LogP contribution in [0, 0.1) is 11.3 Å². The number of carbonyl (C=O) groups excluding carboxylic acids is 1.